The summed E-state index contributed by atoms with van der Waals surface area (Å²) >= 11 is 3.97. The molecule has 4 unspecified atom stereocenters. The lowest BCUT2D eigenvalue weighted by atomic mass is 10.1. The minimum Gasteiger partial charge on any atom is -0.481 e. The first-order valence-corrected chi connectivity index (χ1v) is 10.9. The molecular weight excluding hydrogens is 484 g/mol. The minimum absolute atomic E-state index is 0.0218. The Bertz CT molecular complexity index is 1010. The first-order valence-electron chi connectivity index (χ1n) is 10.3. The third-order valence-electron chi connectivity index (χ3n) is 4.75. The Labute approximate surface area is 204 Å². The monoisotopic (exact) mass is 510 g/mol. The molecule has 2 aromatic heterocycles. The number of nitrogens with zero attached hydrogens (tertiary/aromatic N) is 2. The summed E-state index contributed by atoms with van der Waals surface area (Å²) in [4.78, 5) is 73.9. The Morgan fingerprint density at radius 2 is 1.31 bits per heavy atom. The van der Waals surface area contributed by atoms with Gasteiger partial charge in [0.2, 0.25) is 17.7 Å². The smallest absolute Gasteiger partial charge is 0.326 e. The topological polar surface area (TPSA) is 245 Å². The zero-order valence-corrected chi connectivity index (χ0v) is 19.2. The highest BCUT2D eigenvalue weighted by atomic mass is 32.1. The van der Waals surface area contributed by atoms with Crippen molar-refractivity contribution in [1.82, 2.24) is 35.9 Å². The maximum Gasteiger partial charge on any atom is 0.326 e. The second kappa shape index (κ2) is 13.1. The summed E-state index contributed by atoms with van der Waals surface area (Å²) in [7, 11) is 0. The normalized spacial score (nSPS) is 14.2. The molecule has 0 aliphatic heterocycles. The van der Waals surface area contributed by atoms with E-state index in [1.165, 1.54) is 25.0 Å². The fourth-order valence-electron chi connectivity index (χ4n) is 2.93. The number of nitrogens with two attached hydrogens (primary N) is 1. The fourth-order valence-corrected chi connectivity index (χ4v) is 3.10. The molecule has 16 heteroatoms. The average molecular weight is 511 g/mol. The number of carboxylic acid groups (broad SMARTS) is 2. The van der Waals surface area contributed by atoms with E-state index >= 15 is 0 Å². The lowest BCUT2D eigenvalue weighted by Gasteiger charge is -2.24. The van der Waals surface area contributed by atoms with Gasteiger partial charge in [0.25, 0.3) is 0 Å². The molecule has 0 aliphatic rings. The van der Waals surface area contributed by atoms with E-state index in [4.69, 9.17) is 10.8 Å². The molecule has 0 saturated carbocycles. The summed E-state index contributed by atoms with van der Waals surface area (Å²) in [5, 5.41) is 25.3. The molecular formula is C19H26N8O7S. The van der Waals surface area contributed by atoms with Crippen LogP contribution in [0.15, 0.2) is 25.0 Å². The summed E-state index contributed by atoms with van der Waals surface area (Å²) in [6, 6.07) is -5.24. The van der Waals surface area contributed by atoms with Crippen molar-refractivity contribution in [1.29, 1.82) is 0 Å². The predicted molar refractivity (Wildman–Crippen MR) is 122 cm³/mol. The Hall–Kier alpha value is -3.92. The van der Waals surface area contributed by atoms with Gasteiger partial charge in [0.1, 0.15) is 18.1 Å². The molecule has 0 aromatic carbocycles. The van der Waals surface area contributed by atoms with E-state index in [-0.39, 0.29) is 18.6 Å². The summed E-state index contributed by atoms with van der Waals surface area (Å²) < 4.78 is 0. The van der Waals surface area contributed by atoms with Crippen LogP contribution in [-0.2, 0) is 36.8 Å². The van der Waals surface area contributed by atoms with Crippen LogP contribution < -0.4 is 21.7 Å². The second-order valence-corrected chi connectivity index (χ2v) is 7.84. The van der Waals surface area contributed by atoms with E-state index in [9.17, 15) is 29.1 Å². The van der Waals surface area contributed by atoms with Gasteiger partial charge in [-0.3, -0.25) is 19.2 Å². The van der Waals surface area contributed by atoms with Gasteiger partial charge < -0.3 is 41.9 Å². The Morgan fingerprint density at radius 1 is 0.857 bits per heavy atom. The van der Waals surface area contributed by atoms with E-state index < -0.39 is 60.2 Å². The number of carbonyl (C=O) groups excluding carboxylic acids is 3. The first-order chi connectivity index (χ1) is 16.6. The van der Waals surface area contributed by atoms with E-state index in [1.807, 2.05) is 0 Å². The van der Waals surface area contributed by atoms with Gasteiger partial charge in [0, 0.05) is 42.4 Å². The van der Waals surface area contributed by atoms with Crippen molar-refractivity contribution in [3.05, 3.63) is 36.4 Å². The number of thiol groups is 1. The molecule has 0 radical (unpaired) electrons. The number of amides is 3. The van der Waals surface area contributed by atoms with Crippen LogP contribution in [0.5, 0.6) is 0 Å². The number of imidazole rings is 2. The first kappa shape index (κ1) is 27.3. The second-order valence-electron chi connectivity index (χ2n) is 7.47. The van der Waals surface area contributed by atoms with Crippen LogP contribution in [0, 0.1) is 0 Å². The molecule has 2 aromatic rings. The molecule has 0 bridgehead atoms. The summed E-state index contributed by atoms with van der Waals surface area (Å²) in [6.07, 6.45) is 4.55. The van der Waals surface area contributed by atoms with Crippen LogP contribution in [0.3, 0.4) is 0 Å². The maximum atomic E-state index is 13.1. The Kier molecular flexibility index (Phi) is 10.2. The van der Waals surface area contributed by atoms with Crippen LogP contribution in [0.2, 0.25) is 0 Å². The number of rotatable bonds is 14. The summed E-state index contributed by atoms with van der Waals surface area (Å²) in [5.74, 6) is -5.34. The fraction of sp³-hybridized carbons (Fsp3) is 0.421. The Morgan fingerprint density at radius 3 is 1.69 bits per heavy atom. The van der Waals surface area contributed by atoms with Crippen LogP contribution >= 0.6 is 12.6 Å². The standard InChI is InChI=1S/C19H26N8O7S/c20-11(6-35)16(30)25-12(1-9-4-21-7-23-9)17(31)26-13(2-10-5-22-8-24-10)18(32)27-14(19(33)34)3-15(28)29/h4-5,7-8,11-14,35H,1-3,6,20H2,(H,21,23)(H,22,24)(H,25,30)(H,26,31)(H,27,32)(H,28,29)(H,33,34). The molecule has 2 rings (SSSR count). The van der Waals surface area contributed by atoms with Crippen molar-refractivity contribution in [2.75, 3.05) is 5.75 Å². The largest absolute Gasteiger partial charge is 0.481 e. The van der Waals surface area contributed by atoms with E-state index in [2.05, 4.69) is 48.5 Å². The molecule has 190 valence electrons. The molecule has 4 atom stereocenters. The highest BCUT2D eigenvalue weighted by Gasteiger charge is 2.31. The van der Waals surface area contributed by atoms with Gasteiger partial charge in [0.05, 0.1) is 25.1 Å². The van der Waals surface area contributed by atoms with Gasteiger partial charge >= 0.3 is 11.9 Å². The van der Waals surface area contributed by atoms with Crippen molar-refractivity contribution in [2.45, 2.75) is 43.4 Å². The van der Waals surface area contributed by atoms with Crippen molar-refractivity contribution in [3.63, 3.8) is 0 Å². The predicted octanol–water partition coefficient (Wildman–Crippen LogP) is -2.81. The summed E-state index contributed by atoms with van der Waals surface area (Å²) in [5.41, 5.74) is 6.62. The SMILES string of the molecule is NC(CS)C(=O)NC(Cc1cnc[nH]1)C(=O)NC(Cc1cnc[nH]1)C(=O)NC(CC(=O)O)C(=O)O. The van der Waals surface area contributed by atoms with Crippen molar-refractivity contribution < 1.29 is 34.2 Å². The molecule has 9 N–H and O–H groups in total. The number of aromatic amines is 2. The van der Waals surface area contributed by atoms with E-state index in [0.29, 0.717) is 11.4 Å². The van der Waals surface area contributed by atoms with Crippen molar-refractivity contribution in [2.24, 2.45) is 5.73 Å². The Balaban J connectivity index is 2.23. The quantitative estimate of drug-likeness (QED) is 0.118. The number of carboxylic acids is 2. The molecule has 0 spiro atoms. The molecule has 15 nitrogen and oxygen atoms in total. The summed E-state index contributed by atoms with van der Waals surface area (Å²) in [6.45, 7) is 0. The number of H-pyrrole nitrogens is 2. The number of aromatic nitrogens is 4. The number of carbonyl (C=O) groups is 5. The zero-order valence-electron chi connectivity index (χ0n) is 18.3. The van der Waals surface area contributed by atoms with Crippen LogP contribution in [0.25, 0.3) is 0 Å². The zero-order chi connectivity index (χ0) is 26.0. The number of nitrogens with one attached hydrogen (secondary N) is 5. The highest BCUT2D eigenvalue weighted by Crippen LogP contribution is 2.05. The van der Waals surface area contributed by atoms with E-state index in [1.54, 1.807) is 0 Å². The number of hydrogen-bond donors (Lipinski definition) is 9. The maximum absolute atomic E-state index is 13.1. The van der Waals surface area contributed by atoms with Gasteiger partial charge in [-0.1, -0.05) is 0 Å². The van der Waals surface area contributed by atoms with E-state index in [0.717, 1.165) is 0 Å². The van der Waals surface area contributed by atoms with Gasteiger partial charge in [-0.2, -0.15) is 12.6 Å². The van der Waals surface area contributed by atoms with Crippen LogP contribution in [-0.4, -0.2) is 89.7 Å². The van der Waals surface area contributed by atoms with Crippen LogP contribution in [0.1, 0.15) is 17.8 Å². The molecule has 3 amide bonds. The third-order valence-corrected chi connectivity index (χ3v) is 5.14. The minimum atomic E-state index is -1.73. The number of hydrogen-bond acceptors (Lipinski definition) is 9. The molecule has 0 aliphatic carbocycles. The van der Waals surface area contributed by atoms with Gasteiger partial charge in [0.15, 0.2) is 0 Å². The highest BCUT2D eigenvalue weighted by molar-refractivity contribution is 7.80. The van der Waals surface area contributed by atoms with Gasteiger partial charge in [-0.15, -0.1) is 0 Å². The van der Waals surface area contributed by atoms with Crippen molar-refractivity contribution >= 4 is 42.3 Å². The van der Waals surface area contributed by atoms with Crippen molar-refractivity contribution in [3.8, 4) is 0 Å². The number of aliphatic carboxylic acids is 2. The third kappa shape index (κ3) is 8.74. The lowest BCUT2D eigenvalue weighted by molar-refractivity contribution is -0.147. The molecule has 0 fully saturated rings. The van der Waals surface area contributed by atoms with Crippen LogP contribution in [0.4, 0.5) is 0 Å². The van der Waals surface area contributed by atoms with Gasteiger partial charge in [-0.05, 0) is 0 Å². The van der Waals surface area contributed by atoms with Gasteiger partial charge in [-0.25, -0.2) is 14.8 Å². The molecule has 0 saturated heterocycles. The average Bonchev–Trinajstić information content (AvgIpc) is 3.50. The lowest BCUT2D eigenvalue weighted by Crippen LogP contribution is -2.58. The molecule has 35 heavy (non-hydrogen) atoms. The molecule has 2 heterocycles.